The van der Waals surface area contributed by atoms with Gasteiger partial charge in [-0.1, -0.05) is 23.7 Å². The number of halogens is 1. The molecule has 3 nitrogen and oxygen atoms in total. The predicted octanol–water partition coefficient (Wildman–Crippen LogP) is 2.28. The van der Waals surface area contributed by atoms with E-state index in [1.807, 2.05) is 6.92 Å². The number of aryl methyl sites for hydroxylation is 1. The van der Waals surface area contributed by atoms with E-state index in [4.69, 9.17) is 17.3 Å². The van der Waals surface area contributed by atoms with Crippen LogP contribution in [0.25, 0.3) is 0 Å². The quantitative estimate of drug-likeness (QED) is 0.923. The van der Waals surface area contributed by atoms with E-state index in [9.17, 15) is 0 Å². The Morgan fingerprint density at radius 1 is 1.42 bits per heavy atom. The Bertz CT molecular complexity index is 435. The fourth-order valence-electron chi connectivity index (χ4n) is 2.67. The standard InChI is InChI=1S/C15H24ClN3/c1-11-4-5-13(8-14(11)16)15(9-17)19-7-6-18(3)12(2)10-19/h4-5,8,12,15H,6-7,9-10,17H2,1-3H3. The molecule has 1 aliphatic heterocycles. The number of hydrogen-bond donors (Lipinski definition) is 1. The molecule has 2 N–H and O–H groups in total. The van der Waals surface area contributed by atoms with E-state index in [1.54, 1.807) is 0 Å². The van der Waals surface area contributed by atoms with Crippen molar-refractivity contribution in [1.82, 2.24) is 9.80 Å². The number of hydrogen-bond acceptors (Lipinski definition) is 3. The molecule has 0 saturated carbocycles. The maximum atomic E-state index is 6.24. The Balaban J connectivity index is 2.17. The van der Waals surface area contributed by atoms with Crippen LogP contribution in [0.1, 0.15) is 24.1 Å². The van der Waals surface area contributed by atoms with Crippen molar-refractivity contribution < 1.29 is 0 Å². The fraction of sp³-hybridized carbons (Fsp3) is 0.600. The Labute approximate surface area is 121 Å². The van der Waals surface area contributed by atoms with Crippen molar-refractivity contribution in [1.29, 1.82) is 0 Å². The lowest BCUT2D eigenvalue weighted by Gasteiger charge is -2.41. The molecule has 1 heterocycles. The molecule has 0 aromatic heterocycles. The Morgan fingerprint density at radius 2 is 2.16 bits per heavy atom. The maximum absolute atomic E-state index is 6.24. The van der Waals surface area contributed by atoms with Gasteiger partial charge < -0.3 is 10.6 Å². The molecule has 19 heavy (non-hydrogen) atoms. The van der Waals surface area contributed by atoms with Gasteiger partial charge in [0.25, 0.3) is 0 Å². The number of rotatable bonds is 3. The molecule has 1 fully saturated rings. The van der Waals surface area contributed by atoms with Gasteiger partial charge in [-0.05, 0) is 38.1 Å². The van der Waals surface area contributed by atoms with Crippen LogP contribution in [-0.4, -0.2) is 49.1 Å². The van der Waals surface area contributed by atoms with Crippen LogP contribution in [-0.2, 0) is 0 Å². The fourth-order valence-corrected chi connectivity index (χ4v) is 2.86. The monoisotopic (exact) mass is 281 g/mol. The third-order valence-electron chi connectivity index (χ3n) is 4.24. The molecule has 2 unspecified atom stereocenters. The summed E-state index contributed by atoms with van der Waals surface area (Å²) in [6.07, 6.45) is 0. The molecular formula is C15H24ClN3. The molecular weight excluding hydrogens is 258 g/mol. The topological polar surface area (TPSA) is 32.5 Å². The van der Waals surface area contributed by atoms with Gasteiger partial charge in [0, 0.05) is 43.3 Å². The van der Waals surface area contributed by atoms with Crippen molar-refractivity contribution in [2.24, 2.45) is 5.73 Å². The first-order valence-corrected chi connectivity index (χ1v) is 7.31. The smallest absolute Gasteiger partial charge is 0.0472 e. The molecule has 0 amide bonds. The largest absolute Gasteiger partial charge is 0.329 e. The van der Waals surface area contributed by atoms with Crippen LogP contribution in [0.4, 0.5) is 0 Å². The van der Waals surface area contributed by atoms with Crippen molar-refractivity contribution in [3.63, 3.8) is 0 Å². The first kappa shape index (κ1) is 14.8. The van der Waals surface area contributed by atoms with Crippen LogP contribution < -0.4 is 5.73 Å². The number of likely N-dealkylation sites (N-methyl/N-ethyl adjacent to an activating group) is 1. The first-order chi connectivity index (χ1) is 9.02. The Kier molecular flexibility index (Phi) is 4.85. The van der Waals surface area contributed by atoms with Gasteiger partial charge in [-0.25, -0.2) is 0 Å². The summed E-state index contributed by atoms with van der Waals surface area (Å²) in [6, 6.07) is 7.15. The summed E-state index contributed by atoms with van der Waals surface area (Å²) in [4.78, 5) is 4.87. The normalized spacial score (nSPS) is 23.5. The van der Waals surface area contributed by atoms with Crippen LogP contribution >= 0.6 is 11.6 Å². The average Bonchev–Trinajstić information content (AvgIpc) is 2.39. The van der Waals surface area contributed by atoms with Gasteiger partial charge in [0.05, 0.1) is 0 Å². The van der Waals surface area contributed by atoms with Crippen molar-refractivity contribution >= 4 is 11.6 Å². The van der Waals surface area contributed by atoms with Crippen molar-refractivity contribution in [2.75, 3.05) is 33.2 Å². The zero-order chi connectivity index (χ0) is 14.0. The summed E-state index contributed by atoms with van der Waals surface area (Å²) < 4.78 is 0. The van der Waals surface area contributed by atoms with Crippen molar-refractivity contribution in [2.45, 2.75) is 25.9 Å². The average molecular weight is 282 g/mol. The molecule has 106 valence electrons. The predicted molar refractivity (Wildman–Crippen MR) is 81.6 cm³/mol. The third-order valence-corrected chi connectivity index (χ3v) is 4.64. The maximum Gasteiger partial charge on any atom is 0.0472 e. The van der Waals surface area contributed by atoms with Crippen LogP contribution in [0, 0.1) is 6.92 Å². The lowest BCUT2D eigenvalue weighted by molar-refractivity contribution is 0.0741. The van der Waals surface area contributed by atoms with Gasteiger partial charge in [0.2, 0.25) is 0 Å². The van der Waals surface area contributed by atoms with Gasteiger partial charge in [0.1, 0.15) is 0 Å². The zero-order valence-corrected chi connectivity index (χ0v) is 12.8. The number of nitrogens with two attached hydrogens (primary N) is 1. The highest BCUT2D eigenvalue weighted by Gasteiger charge is 2.26. The second kappa shape index (κ2) is 6.23. The number of nitrogens with zero attached hydrogens (tertiary/aromatic N) is 2. The van der Waals surface area contributed by atoms with E-state index in [0.29, 0.717) is 12.6 Å². The zero-order valence-electron chi connectivity index (χ0n) is 12.1. The van der Waals surface area contributed by atoms with Gasteiger partial charge >= 0.3 is 0 Å². The van der Waals surface area contributed by atoms with Gasteiger partial charge in [-0.2, -0.15) is 0 Å². The molecule has 0 radical (unpaired) electrons. The lowest BCUT2D eigenvalue weighted by Crippen LogP contribution is -2.52. The number of benzene rings is 1. The summed E-state index contributed by atoms with van der Waals surface area (Å²) in [5.74, 6) is 0. The van der Waals surface area contributed by atoms with Crippen LogP contribution in [0.15, 0.2) is 18.2 Å². The Morgan fingerprint density at radius 3 is 2.74 bits per heavy atom. The first-order valence-electron chi connectivity index (χ1n) is 6.93. The summed E-state index contributed by atoms with van der Waals surface area (Å²) >= 11 is 6.24. The molecule has 0 bridgehead atoms. The highest BCUT2D eigenvalue weighted by Crippen LogP contribution is 2.26. The number of piperazine rings is 1. The van der Waals surface area contributed by atoms with Crippen molar-refractivity contribution in [3.05, 3.63) is 34.3 Å². The van der Waals surface area contributed by atoms with Crippen LogP contribution in [0.2, 0.25) is 5.02 Å². The molecule has 0 aliphatic carbocycles. The van der Waals surface area contributed by atoms with E-state index in [2.05, 4.69) is 42.0 Å². The van der Waals surface area contributed by atoms with E-state index >= 15 is 0 Å². The minimum atomic E-state index is 0.272. The minimum Gasteiger partial charge on any atom is -0.329 e. The molecule has 1 aromatic carbocycles. The summed E-state index contributed by atoms with van der Waals surface area (Å²) in [7, 11) is 2.18. The molecule has 2 rings (SSSR count). The highest BCUT2D eigenvalue weighted by atomic mass is 35.5. The lowest BCUT2D eigenvalue weighted by atomic mass is 10.0. The second-order valence-electron chi connectivity index (χ2n) is 5.58. The highest BCUT2D eigenvalue weighted by molar-refractivity contribution is 6.31. The molecule has 1 aliphatic rings. The summed E-state index contributed by atoms with van der Waals surface area (Å²) in [5.41, 5.74) is 8.36. The third kappa shape index (κ3) is 3.29. The van der Waals surface area contributed by atoms with E-state index in [1.165, 1.54) is 5.56 Å². The van der Waals surface area contributed by atoms with Gasteiger partial charge in [-0.15, -0.1) is 0 Å². The Hall–Kier alpha value is -0.610. The molecule has 4 heteroatoms. The van der Waals surface area contributed by atoms with Crippen LogP contribution in [0.5, 0.6) is 0 Å². The van der Waals surface area contributed by atoms with Crippen LogP contribution in [0.3, 0.4) is 0 Å². The van der Waals surface area contributed by atoms with E-state index in [-0.39, 0.29) is 6.04 Å². The molecule has 1 aromatic rings. The SMILES string of the molecule is Cc1ccc(C(CN)N2CCN(C)C(C)C2)cc1Cl. The molecule has 2 atom stereocenters. The van der Waals surface area contributed by atoms with Gasteiger partial charge in [-0.3, -0.25) is 4.90 Å². The van der Waals surface area contributed by atoms with E-state index < -0.39 is 0 Å². The second-order valence-corrected chi connectivity index (χ2v) is 5.99. The minimum absolute atomic E-state index is 0.272. The summed E-state index contributed by atoms with van der Waals surface area (Å²) in [6.45, 7) is 8.15. The molecule has 0 spiro atoms. The summed E-state index contributed by atoms with van der Waals surface area (Å²) in [5, 5.41) is 0.832. The van der Waals surface area contributed by atoms with E-state index in [0.717, 1.165) is 30.2 Å². The van der Waals surface area contributed by atoms with Gasteiger partial charge in [0.15, 0.2) is 0 Å². The van der Waals surface area contributed by atoms with Crippen molar-refractivity contribution in [3.8, 4) is 0 Å². The molecule has 1 saturated heterocycles.